The summed E-state index contributed by atoms with van der Waals surface area (Å²) in [5.74, 6) is -0.0828. The van der Waals surface area contributed by atoms with Crippen LogP contribution < -0.4 is 0 Å². The highest BCUT2D eigenvalue weighted by molar-refractivity contribution is 6.31. The molecule has 2 heterocycles. The number of amides is 1. The third kappa shape index (κ3) is 4.07. The normalized spacial score (nSPS) is 14.4. The fourth-order valence-electron chi connectivity index (χ4n) is 3.45. The first-order valence-corrected chi connectivity index (χ1v) is 9.56. The minimum Gasteiger partial charge on any atom is -0.361 e. The number of nitrogens with zero attached hydrogens (tertiary/aromatic N) is 2. The molecular formula is C22H18ClN3O3. The van der Waals surface area contributed by atoms with E-state index in [1.807, 2.05) is 24.4 Å². The van der Waals surface area contributed by atoms with Gasteiger partial charge in [-0.05, 0) is 54.0 Å². The topological polar surface area (TPSA) is 79.2 Å². The second kappa shape index (κ2) is 7.93. The van der Waals surface area contributed by atoms with Crippen molar-refractivity contribution in [2.45, 2.75) is 6.42 Å². The lowest BCUT2D eigenvalue weighted by atomic mass is 9.99. The second-order valence-corrected chi connectivity index (χ2v) is 7.27. The number of aromatic amines is 1. The molecule has 0 aliphatic carbocycles. The van der Waals surface area contributed by atoms with Gasteiger partial charge in [-0.15, -0.1) is 0 Å². The van der Waals surface area contributed by atoms with Crippen LogP contribution in [-0.4, -0.2) is 33.8 Å². The van der Waals surface area contributed by atoms with Gasteiger partial charge in [0.05, 0.1) is 4.92 Å². The van der Waals surface area contributed by atoms with Gasteiger partial charge in [-0.1, -0.05) is 17.7 Å². The van der Waals surface area contributed by atoms with Gasteiger partial charge >= 0.3 is 0 Å². The molecule has 1 aliphatic heterocycles. The summed E-state index contributed by atoms with van der Waals surface area (Å²) in [6.45, 7) is 1.16. The smallest absolute Gasteiger partial charge is 0.269 e. The maximum absolute atomic E-state index is 12.5. The van der Waals surface area contributed by atoms with E-state index in [1.54, 1.807) is 23.1 Å². The quantitative estimate of drug-likeness (QED) is 0.373. The number of nitro groups is 1. The number of H-pyrrole nitrogens is 1. The molecule has 3 aromatic rings. The highest BCUT2D eigenvalue weighted by Crippen LogP contribution is 2.31. The molecule has 7 heteroatoms. The van der Waals surface area contributed by atoms with Crippen molar-refractivity contribution in [1.82, 2.24) is 9.88 Å². The van der Waals surface area contributed by atoms with Crippen molar-refractivity contribution in [1.29, 1.82) is 0 Å². The lowest BCUT2D eigenvalue weighted by Gasteiger charge is -2.25. The van der Waals surface area contributed by atoms with Crippen LogP contribution in [0.25, 0.3) is 22.6 Å². The molecule has 0 fully saturated rings. The van der Waals surface area contributed by atoms with Crippen LogP contribution in [0.4, 0.5) is 5.69 Å². The van der Waals surface area contributed by atoms with E-state index in [1.165, 1.54) is 23.8 Å². The first-order chi connectivity index (χ1) is 14.0. The number of aromatic nitrogens is 1. The standard InChI is InChI=1S/C22H18ClN3O3/c23-17-4-7-21-19(13-17)20(14-24-21)16-9-11-25(12-10-16)22(27)8-3-15-1-5-18(6-2-15)26(28)29/h1-9,13-14,24H,10-12H2/b8-3+. The predicted octanol–water partition coefficient (Wildman–Crippen LogP) is 5.06. The monoisotopic (exact) mass is 407 g/mol. The SMILES string of the molecule is O=C(/C=C/c1ccc([N+](=O)[O-])cc1)N1CC=C(c2c[nH]c3ccc(Cl)cc23)CC1. The molecule has 0 atom stereocenters. The highest BCUT2D eigenvalue weighted by Gasteiger charge is 2.18. The Bertz CT molecular complexity index is 1150. The molecule has 4 rings (SSSR count). The summed E-state index contributed by atoms with van der Waals surface area (Å²) in [5, 5.41) is 12.5. The fourth-order valence-corrected chi connectivity index (χ4v) is 3.62. The zero-order valence-corrected chi connectivity index (χ0v) is 16.2. The van der Waals surface area contributed by atoms with E-state index in [2.05, 4.69) is 11.1 Å². The van der Waals surface area contributed by atoms with Crippen LogP contribution in [0, 0.1) is 10.1 Å². The van der Waals surface area contributed by atoms with Crippen molar-refractivity contribution >= 4 is 45.7 Å². The molecule has 2 aromatic carbocycles. The molecule has 0 saturated heterocycles. The first kappa shape index (κ1) is 19.0. The van der Waals surface area contributed by atoms with E-state index in [9.17, 15) is 14.9 Å². The van der Waals surface area contributed by atoms with Gasteiger partial charge in [0.1, 0.15) is 0 Å². The Balaban J connectivity index is 1.44. The number of nitro benzene ring substituents is 1. The van der Waals surface area contributed by atoms with Crippen LogP contribution in [0.1, 0.15) is 17.5 Å². The molecule has 1 aliphatic rings. The molecule has 1 aromatic heterocycles. The molecule has 0 bridgehead atoms. The highest BCUT2D eigenvalue weighted by atomic mass is 35.5. The number of benzene rings is 2. The molecule has 1 amide bonds. The van der Waals surface area contributed by atoms with Gasteiger partial charge in [-0.25, -0.2) is 0 Å². The van der Waals surface area contributed by atoms with E-state index in [-0.39, 0.29) is 11.6 Å². The molecule has 0 saturated carbocycles. The molecule has 1 N–H and O–H groups in total. The molecule has 146 valence electrons. The number of hydrogen-bond donors (Lipinski definition) is 1. The van der Waals surface area contributed by atoms with Crippen molar-refractivity contribution in [3.8, 4) is 0 Å². The predicted molar refractivity (Wildman–Crippen MR) is 115 cm³/mol. The first-order valence-electron chi connectivity index (χ1n) is 9.19. The molecule has 0 unspecified atom stereocenters. The van der Waals surface area contributed by atoms with Gasteiger partial charge in [0, 0.05) is 59.0 Å². The zero-order chi connectivity index (χ0) is 20.4. The Morgan fingerprint density at radius 3 is 2.69 bits per heavy atom. The van der Waals surface area contributed by atoms with Crippen LogP contribution in [0.2, 0.25) is 5.02 Å². The van der Waals surface area contributed by atoms with Crippen molar-refractivity contribution in [3.63, 3.8) is 0 Å². The lowest BCUT2D eigenvalue weighted by Crippen LogP contribution is -2.33. The number of non-ortho nitro benzene ring substituents is 1. The number of nitrogens with one attached hydrogen (secondary N) is 1. The summed E-state index contributed by atoms with van der Waals surface area (Å²) < 4.78 is 0. The Morgan fingerprint density at radius 2 is 2.00 bits per heavy atom. The van der Waals surface area contributed by atoms with Crippen molar-refractivity contribution in [2.75, 3.05) is 13.1 Å². The van der Waals surface area contributed by atoms with Crippen LogP contribution in [0.5, 0.6) is 0 Å². The van der Waals surface area contributed by atoms with Crippen molar-refractivity contribution < 1.29 is 9.72 Å². The average Bonchev–Trinajstić information content (AvgIpc) is 3.15. The maximum atomic E-state index is 12.5. The summed E-state index contributed by atoms with van der Waals surface area (Å²) in [6, 6.07) is 11.9. The van der Waals surface area contributed by atoms with E-state index < -0.39 is 4.92 Å². The van der Waals surface area contributed by atoms with Gasteiger partial charge in [0.15, 0.2) is 0 Å². The Hall–Kier alpha value is -3.38. The Morgan fingerprint density at radius 1 is 1.21 bits per heavy atom. The van der Waals surface area contributed by atoms with E-state index >= 15 is 0 Å². The minimum absolute atomic E-state index is 0.0285. The number of fused-ring (bicyclic) bond motifs is 1. The molecule has 6 nitrogen and oxygen atoms in total. The Labute approximate surface area is 172 Å². The van der Waals surface area contributed by atoms with Crippen LogP contribution >= 0.6 is 11.6 Å². The van der Waals surface area contributed by atoms with Crippen LogP contribution in [-0.2, 0) is 4.79 Å². The number of halogens is 1. The van der Waals surface area contributed by atoms with Gasteiger partial charge in [-0.2, -0.15) is 0 Å². The van der Waals surface area contributed by atoms with E-state index in [4.69, 9.17) is 11.6 Å². The summed E-state index contributed by atoms with van der Waals surface area (Å²) >= 11 is 6.13. The lowest BCUT2D eigenvalue weighted by molar-refractivity contribution is -0.384. The van der Waals surface area contributed by atoms with Crippen molar-refractivity contribution in [3.05, 3.63) is 87.1 Å². The summed E-state index contributed by atoms with van der Waals surface area (Å²) in [6.07, 6.45) is 8.00. The molecule has 0 spiro atoms. The van der Waals surface area contributed by atoms with Crippen molar-refractivity contribution in [2.24, 2.45) is 0 Å². The Kier molecular flexibility index (Phi) is 5.18. The third-order valence-corrected chi connectivity index (χ3v) is 5.27. The van der Waals surface area contributed by atoms with E-state index in [0.29, 0.717) is 18.1 Å². The molecule has 0 radical (unpaired) electrons. The number of rotatable bonds is 4. The average molecular weight is 408 g/mol. The van der Waals surface area contributed by atoms with Gasteiger partial charge in [-0.3, -0.25) is 14.9 Å². The largest absolute Gasteiger partial charge is 0.361 e. The molecule has 29 heavy (non-hydrogen) atoms. The van der Waals surface area contributed by atoms with Gasteiger partial charge in [0.25, 0.3) is 5.69 Å². The third-order valence-electron chi connectivity index (χ3n) is 5.03. The fraction of sp³-hybridized carbons (Fsp3) is 0.136. The zero-order valence-electron chi connectivity index (χ0n) is 15.5. The number of carbonyl (C=O) groups is 1. The maximum Gasteiger partial charge on any atom is 0.269 e. The summed E-state index contributed by atoms with van der Waals surface area (Å²) in [4.78, 5) is 27.8. The van der Waals surface area contributed by atoms with Crippen LogP contribution in [0.3, 0.4) is 0 Å². The van der Waals surface area contributed by atoms with E-state index in [0.717, 1.165) is 28.5 Å². The second-order valence-electron chi connectivity index (χ2n) is 6.84. The number of hydrogen-bond acceptors (Lipinski definition) is 3. The van der Waals surface area contributed by atoms with Gasteiger partial charge in [0.2, 0.25) is 5.91 Å². The summed E-state index contributed by atoms with van der Waals surface area (Å²) in [5.41, 5.74) is 4.13. The van der Waals surface area contributed by atoms with Crippen LogP contribution in [0.15, 0.2) is 60.8 Å². The van der Waals surface area contributed by atoms with Gasteiger partial charge < -0.3 is 9.88 Å². The summed E-state index contributed by atoms with van der Waals surface area (Å²) in [7, 11) is 0. The number of carbonyl (C=O) groups excluding carboxylic acids is 1. The molecular weight excluding hydrogens is 390 g/mol. The minimum atomic E-state index is -0.446.